The first-order valence-electron chi connectivity index (χ1n) is 5.49. The van der Waals surface area contributed by atoms with Crippen LogP contribution in [0.15, 0.2) is 16.7 Å². The van der Waals surface area contributed by atoms with Gasteiger partial charge in [-0.15, -0.1) is 0 Å². The van der Waals surface area contributed by atoms with Crippen LogP contribution in [0.5, 0.6) is 0 Å². The van der Waals surface area contributed by atoms with E-state index < -0.39 is 0 Å². The van der Waals surface area contributed by atoms with Crippen LogP contribution in [0.4, 0.5) is 0 Å². The SMILES string of the molecule is CC1(C#N)CCN(C(=O)c2ccoc2Cl)CC1. The molecule has 1 amide bonds. The molecule has 2 rings (SSSR count). The summed E-state index contributed by atoms with van der Waals surface area (Å²) >= 11 is 5.77. The highest BCUT2D eigenvalue weighted by Gasteiger charge is 2.32. The number of nitrogens with zero attached hydrogens (tertiary/aromatic N) is 2. The zero-order valence-electron chi connectivity index (χ0n) is 9.57. The summed E-state index contributed by atoms with van der Waals surface area (Å²) in [6.45, 7) is 3.11. The van der Waals surface area contributed by atoms with Crippen molar-refractivity contribution in [3.63, 3.8) is 0 Å². The average Bonchev–Trinajstić information content (AvgIpc) is 2.76. The van der Waals surface area contributed by atoms with E-state index in [0.717, 1.165) is 0 Å². The lowest BCUT2D eigenvalue weighted by atomic mass is 9.82. The summed E-state index contributed by atoms with van der Waals surface area (Å²) in [4.78, 5) is 13.8. The third-order valence-electron chi connectivity index (χ3n) is 3.27. The maximum absolute atomic E-state index is 12.1. The highest BCUT2D eigenvalue weighted by atomic mass is 35.5. The largest absolute Gasteiger partial charge is 0.452 e. The van der Waals surface area contributed by atoms with Crippen molar-refractivity contribution in [3.8, 4) is 6.07 Å². The highest BCUT2D eigenvalue weighted by Crippen LogP contribution is 2.31. The van der Waals surface area contributed by atoms with Crippen molar-refractivity contribution in [1.82, 2.24) is 4.90 Å². The topological polar surface area (TPSA) is 57.2 Å². The smallest absolute Gasteiger partial charge is 0.258 e. The van der Waals surface area contributed by atoms with Crippen LogP contribution in [0.2, 0.25) is 5.22 Å². The van der Waals surface area contributed by atoms with Crippen LogP contribution in [-0.4, -0.2) is 23.9 Å². The molecule has 0 aliphatic carbocycles. The molecule has 0 unspecified atom stereocenters. The number of likely N-dealkylation sites (tertiary alicyclic amines) is 1. The highest BCUT2D eigenvalue weighted by molar-refractivity contribution is 6.32. The van der Waals surface area contributed by atoms with Gasteiger partial charge in [-0.2, -0.15) is 5.26 Å². The van der Waals surface area contributed by atoms with Gasteiger partial charge in [0, 0.05) is 13.1 Å². The first-order chi connectivity index (χ1) is 8.06. The van der Waals surface area contributed by atoms with Crippen LogP contribution >= 0.6 is 11.6 Å². The fourth-order valence-corrected chi connectivity index (χ4v) is 2.13. The van der Waals surface area contributed by atoms with Gasteiger partial charge in [-0.3, -0.25) is 4.79 Å². The van der Waals surface area contributed by atoms with E-state index in [-0.39, 0.29) is 16.5 Å². The number of rotatable bonds is 1. The average molecular weight is 253 g/mol. The van der Waals surface area contributed by atoms with Crippen LogP contribution in [0.25, 0.3) is 0 Å². The predicted octanol–water partition coefficient (Wildman–Crippen LogP) is 2.70. The summed E-state index contributed by atoms with van der Waals surface area (Å²) in [6.07, 6.45) is 2.80. The van der Waals surface area contributed by atoms with Gasteiger partial charge in [0.1, 0.15) is 0 Å². The van der Waals surface area contributed by atoms with E-state index >= 15 is 0 Å². The predicted molar refractivity (Wildman–Crippen MR) is 62.6 cm³/mol. The van der Waals surface area contributed by atoms with E-state index in [1.54, 1.807) is 11.0 Å². The van der Waals surface area contributed by atoms with Gasteiger partial charge in [-0.05, 0) is 37.4 Å². The Hall–Kier alpha value is -1.47. The lowest BCUT2D eigenvalue weighted by Crippen LogP contribution is -2.41. The molecule has 1 aromatic heterocycles. The molecular formula is C12H13ClN2O2. The zero-order chi connectivity index (χ0) is 12.5. The van der Waals surface area contributed by atoms with Gasteiger partial charge in [0.25, 0.3) is 5.91 Å². The normalized spacial score (nSPS) is 18.8. The molecule has 1 aromatic rings. The van der Waals surface area contributed by atoms with Crippen molar-refractivity contribution < 1.29 is 9.21 Å². The molecule has 1 aliphatic rings. The van der Waals surface area contributed by atoms with E-state index in [9.17, 15) is 4.79 Å². The lowest BCUT2D eigenvalue weighted by molar-refractivity contribution is 0.0661. The Bertz CT molecular complexity index is 467. The van der Waals surface area contributed by atoms with Crippen molar-refractivity contribution in [2.45, 2.75) is 19.8 Å². The maximum Gasteiger partial charge on any atom is 0.258 e. The fraction of sp³-hybridized carbons (Fsp3) is 0.500. The van der Waals surface area contributed by atoms with Crippen LogP contribution < -0.4 is 0 Å². The number of halogens is 1. The zero-order valence-corrected chi connectivity index (χ0v) is 10.3. The monoisotopic (exact) mass is 252 g/mol. The molecule has 0 atom stereocenters. The second-order valence-corrected chi connectivity index (χ2v) is 4.92. The lowest BCUT2D eigenvalue weighted by Gasteiger charge is -2.34. The summed E-state index contributed by atoms with van der Waals surface area (Å²) < 4.78 is 4.90. The van der Waals surface area contributed by atoms with Crippen LogP contribution in [0.3, 0.4) is 0 Å². The van der Waals surface area contributed by atoms with Gasteiger partial charge in [0.05, 0.1) is 23.3 Å². The molecule has 1 aliphatic heterocycles. The molecule has 0 N–H and O–H groups in total. The minimum absolute atomic E-state index is 0.122. The molecule has 90 valence electrons. The maximum atomic E-state index is 12.1. The van der Waals surface area contributed by atoms with E-state index in [1.807, 2.05) is 6.92 Å². The van der Waals surface area contributed by atoms with Crippen molar-refractivity contribution in [2.75, 3.05) is 13.1 Å². The summed E-state index contributed by atoms with van der Waals surface area (Å²) in [7, 11) is 0. The minimum atomic E-state index is -0.309. The summed E-state index contributed by atoms with van der Waals surface area (Å²) in [5.74, 6) is -0.122. The van der Waals surface area contributed by atoms with E-state index in [1.165, 1.54) is 6.26 Å². The number of hydrogen-bond donors (Lipinski definition) is 0. The molecular weight excluding hydrogens is 240 g/mol. The first-order valence-corrected chi connectivity index (χ1v) is 5.87. The Labute approximate surface area is 105 Å². The number of piperidine rings is 1. The third-order valence-corrected chi connectivity index (χ3v) is 3.57. The molecule has 0 aromatic carbocycles. The molecule has 4 nitrogen and oxygen atoms in total. The summed E-state index contributed by atoms with van der Waals surface area (Å²) in [6, 6.07) is 3.88. The molecule has 0 bridgehead atoms. The molecule has 17 heavy (non-hydrogen) atoms. The molecule has 0 spiro atoms. The van der Waals surface area contributed by atoms with Gasteiger partial charge in [-0.1, -0.05) is 0 Å². The third kappa shape index (κ3) is 2.29. The number of hydrogen-bond acceptors (Lipinski definition) is 3. The van der Waals surface area contributed by atoms with Crippen molar-refractivity contribution in [3.05, 3.63) is 23.1 Å². The number of carbonyl (C=O) groups excluding carboxylic acids is 1. The van der Waals surface area contributed by atoms with E-state index in [2.05, 4.69) is 6.07 Å². The first kappa shape index (κ1) is 12.0. The number of furan rings is 1. The number of carbonyl (C=O) groups is 1. The second-order valence-electron chi connectivity index (χ2n) is 4.57. The fourth-order valence-electron chi connectivity index (χ4n) is 1.93. The minimum Gasteiger partial charge on any atom is -0.452 e. The van der Waals surface area contributed by atoms with Gasteiger partial charge in [0.15, 0.2) is 0 Å². The standard InChI is InChI=1S/C12H13ClN2O2/c1-12(8-14)3-5-15(6-4-12)11(16)9-2-7-17-10(9)13/h2,7H,3-6H2,1H3. The summed E-state index contributed by atoms with van der Waals surface area (Å²) in [5, 5.41) is 9.14. The van der Waals surface area contributed by atoms with Crippen LogP contribution in [-0.2, 0) is 0 Å². The molecule has 0 saturated carbocycles. The van der Waals surface area contributed by atoms with Crippen LogP contribution in [0.1, 0.15) is 30.1 Å². The molecule has 0 radical (unpaired) electrons. The summed E-state index contributed by atoms with van der Waals surface area (Å²) in [5.41, 5.74) is 0.0870. The molecule has 2 heterocycles. The van der Waals surface area contributed by atoms with Crippen molar-refractivity contribution in [1.29, 1.82) is 5.26 Å². The Kier molecular flexibility index (Phi) is 3.12. The van der Waals surface area contributed by atoms with Gasteiger partial charge >= 0.3 is 0 Å². The Morgan fingerprint density at radius 2 is 2.24 bits per heavy atom. The van der Waals surface area contributed by atoms with E-state index in [4.69, 9.17) is 21.3 Å². The van der Waals surface area contributed by atoms with Crippen molar-refractivity contribution >= 4 is 17.5 Å². The van der Waals surface area contributed by atoms with Crippen molar-refractivity contribution in [2.24, 2.45) is 5.41 Å². The van der Waals surface area contributed by atoms with Gasteiger partial charge in [-0.25, -0.2) is 0 Å². The Balaban J connectivity index is 2.06. The van der Waals surface area contributed by atoms with E-state index in [0.29, 0.717) is 31.5 Å². The van der Waals surface area contributed by atoms with Gasteiger partial charge in [0.2, 0.25) is 5.22 Å². The van der Waals surface area contributed by atoms with Crippen LogP contribution in [0, 0.1) is 16.7 Å². The number of nitriles is 1. The molecule has 1 saturated heterocycles. The quantitative estimate of drug-likeness (QED) is 0.772. The molecule has 1 fully saturated rings. The number of amides is 1. The molecule has 5 heteroatoms. The second kappa shape index (κ2) is 4.42. The van der Waals surface area contributed by atoms with Gasteiger partial charge < -0.3 is 9.32 Å². The Morgan fingerprint density at radius 3 is 2.71 bits per heavy atom. The Morgan fingerprint density at radius 1 is 1.59 bits per heavy atom.